The average molecular weight is 604 g/mol. The van der Waals surface area contributed by atoms with Crippen molar-refractivity contribution in [3.8, 4) is 0 Å². The molecular formula is C32H31BrN2O5. The number of amides is 1. The van der Waals surface area contributed by atoms with Gasteiger partial charge in [0.15, 0.2) is 0 Å². The minimum absolute atomic E-state index is 0.0780. The van der Waals surface area contributed by atoms with Gasteiger partial charge in [-0.3, -0.25) is 9.59 Å². The number of esters is 1. The van der Waals surface area contributed by atoms with Crippen LogP contribution in [0.1, 0.15) is 43.7 Å². The van der Waals surface area contributed by atoms with E-state index in [0.717, 1.165) is 4.47 Å². The molecule has 0 radical (unpaired) electrons. The lowest BCUT2D eigenvalue weighted by Gasteiger charge is -2.57. The molecule has 1 spiro atoms. The molecule has 0 saturated heterocycles. The summed E-state index contributed by atoms with van der Waals surface area (Å²) in [5.74, 6) is -5.16. The Morgan fingerprint density at radius 2 is 1.65 bits per heavy atom. The first-order chi connectivity index (χ1) is 19.2. The molecule has 3 aromatic carbocycles. The number of rotatable bonds is 6. The Bertz CT molecular complexity index is 1460. The Balaban J connectivity index is 1.89. The van der Waals surface area contributed by atoms with E-state index in [-0.39, 0.29) is 12.5 Å². The molecule has 5 rings (SSSR count). The minimum atomic E-state index is -1.85. The van der Waals surface area contributed by atoms with Gasteiger partial charge in [0, 0.05) is 16.3 Å². The molecule has 2 aliphatic rings. The van der Waals surface area contributed by atoms with Crippen LogP contribution in [-0.2, 0) is 19.1 Å². The molecule has 1 aliphatic carbocycles. The van der Waals surface area contributed by atoms with Crippen molar-refractivity contribution in [3.63, 3.8) is 0 Å². The largest absolute Gasteiger partial charge is 0.466 e. The lowest BCUT2D eigenvalue weighted by atomic mass is 9.44. The zero-order valence-electron chi connectivity index (χ0n) is 22.5. The summed E-state index contributed by atoms with van der Waals surface area (Å²) in [6.07, 6.45) is 0.675. The maximum Gasteiger partial charge on any atom is 0.312 e. The summed E-state index contributed by atoms with van der Waals surface area (Å²) in [5, 5.41) is 18.4. The van der Waals surface area contributed by atoms with Crippen molar-refractivity contribution in [1.82, 2.24) is 0 Å². The van der Waals surface area contributed by atoms with Gasteiger partial charge < -0.3 is 14.6 Å². The minimum Gasteiger partial charge on any atom is -0.466 e. The molecular weight excluding hydrogens is 572 g/mol. The Labute approximate surface area is 242 Å². The topological polar surface area (TPSA) is 96.3 Å². The van der Waals surface area contributed by atoms with Gasteiger partial charge >= 0.3 is 5.97 Å². The van der Waals surface area contributed by atoms with E-state index in [1.54, 1.807) is 26.0 Å². The number of hydrazone groups is 1. The molecule has 1 fully saturated rings. The molecule has 1 N–H and O–H groups in total. The molecule has 0 bridgehead atoms. The van der Waals surface area contributed by atoms with E-state index in [1.165, 1.54) is 11.9 Å². The van der Waals surface area contributed by atoms with E-state index in [1.807, 2.05) is 72.8 Å². The molecule has 6 atom stereocenters. The fraction of sp³-hybridized carbons (Fsp3) is 0.312. The Morgan fingerprint density at radius 3 is 2.25 bits per heavy atom. The van der Waals surface area contributed by atoms with Crippen LogP contribution in [0.25, 0.3) is 0 Å². The number of halogens is 1. The number of ether oxygens (including phenoxy) is 1. The first-order valence-corrected chi connectivity index (χ1v) is 14.1. The second-order valence-corrected chi connectivity index (χ2v) is 11.5. The summed E-state index contributed by atoms with van der Waals surface area (Å²) in [5.41, 5.74) is -0.986. The molecule has 3 aromatic rings. The van der Waals surface area contributed by atoms with Crippen LogP contribution in [0.5, 0.6) is 0 Å². The van der Waals surface area contributed by atoms with Crippen LogP contribution in [-0.4, -0.2) is 41.2 Å². The highest BCUT2D eigenvalue weighted by molar-refractivity contribution is 9.10. The van der Waals surface area contributed by atoms with Crippen LogP contribution in [0.4, 0.5) is 5.69 Å². The molecule has 0 unspecified atom stereocenters. The molecule has 206 valence electrons. The molecule has 1 heterocycles. The van der Waals surface area contributed by atoms with E-state index in [0.29, 0.717) is 28.8 Å². The average Bonchev–Trinajstić information content (AvgIpc) is 3.20. The van der Waals surface area contributed by atoms with Gasteiger partial charge in [0.25, 0.3) is 5.91 Å². The van der Waals surface area contributed by atoms with Gasteiger partial charge in [0.05, 0.1) is 35.4 Å². The highest BCUT2D eigenvalue weighted by Crippen LogP contribution is 2.65. The quantitative estimate of drug-likeness (QED) is 0.297. The molecule has 0 aromatic heterocycles. The first-order valence-electron chi connectivity index (χ1n) is 13.3. The monoisotopic (exact) mass is 602 g/mol. The fourth-order valence-electron chi connectivity index (χ4n) is 6.80. The van der Waals surface area contributed by atoms with Crippen molar-refractivity contribution in [3.05, 3.63) is 101 Å². The summed E-state index contributed by atoms with van der Waals surface area (Å²) in [6, 6.07) is 25.7. The van der Waals surface area contributed by atoms with E-state index < -0.39 is 40.7 Å². The summed E-state index contributed by atoms with van der Waals surface area (Å²) in [4.78, 5) is 41.8. The SMILES string of the molecule is CCOC(=O)[C@H]1[C@H](c2cccc(Br)c2)[C@]2(C(=O)N(c3ccccc3)N=C2C)[C@H](c2ccccc2)[C@@H](C=O)[C@@]1(C)O. The third-order valence-corrected chi connectivity index (χ3v) is 8.92. The van der Waals surface area contributed by atoms with Crippen molar-refractivity contribution >= 4 is 45.5 Å². The van der Waals surface area contributed by atoms with Crippen LogP contribution in [0, 0.1) is 17.3 Å². The number of hydrogen-bond acceptors (Lipinski definition) is 6. The molecule has 40 heavy (non-hydrogen) atoms. The third kappa shape index (κ3) is 4.21. The highest BCUT2D eigenvalue weighted by atomic mass is 79.9. The van der Waals surface area contributed by atoms with Crippen molar-refractivity contribution < 1.29 is 24.2 Å². The van der Waals surface area contributed by atoms with Crippen molar-refractivity contribution in [2.75, 3.05) is 11.6 Å². The number of nitrogens with zero attached hydrogens (tertiary/aromatic N) is 2. The fourth-order valence-corrected chi connectivity index (χ4v) is 7.22. The normalized spacial score (nSPS) is 29.8. The predicted octanol–water partition coefficient (Wildman–Crippen LogP) is 5.48. The number of benzene rings is 3. The van der Waals surface area contributed by atoms with E-state index in [9.17, 15) is 19.5 Å². The summed E-state index contributed by atoms with van der Waals surface area (Å²) < 4.78 is 6.27. The van der Waals surface area contributed by atoms with E-state index in [2.05, 4.69) is 15.9 Å². The highest BCUT2D eigenvalue weighted by Gasteiger charge is 2.72. The van der Waals surface area contributed by atoms with Crippen molar-refractivity contribution in [2.45, 2.75) is 38.2 Å². The van der Waals surface area contributed by atoms with Crippen LogP contribution in [0.3, 0.4) is 0 Å². The summed E-state index contributed by atoms with van der Waals surface area (Å²) >= 11 is 3.55. The summed E-state index contributed by atoms with van der Waals surface area (Å²) in [6.45, 7) is 5.04. The van der Waals surface area contributed by atoms with Crippen LogP contribution >= 0.6 is 15.9 Å². The van der Waals surface area contributed by atoms with Crippen molar-refractivity contribution in [2.24, 2.45) is 22.4 Å². The van der Waals surface area contributed by atoms with Gasteiger partial charge in [0.1, 0.15) is 11.7 Å². The molecule has 1 amide bonds. The number of anilines is 1. The number of para-hydroxylation sites is 1. The smallest absolute Gasteiger partial charge is 0.312 e. The van der Waals surface area contributed by atoms with Crippen LogP contribution < -0.4 is 5.01 Å². The number of aldehydes is 1. The second-order valence-electron chi connectivity index (χ2n) is 10.5. The zero-order valence-corrected chi connectivity index (χ0v) is 24.1. The maximum absolute atomic E-state index is 15.0. The Kier molecular flexibility index (Phi) is 7.50. The summed E-state index contributed by atoms with van der Waals surface area (Å²) in [7, 11) is 0. The van der Waals surface area contributed by atoms with Crippen LogP contribution in [0.2, 0.25) is 0 Å². The Hall–Kier alpha value is -3.62. The number of carbonyl (C=O) groups is 3. The molecule has 1 aliphatic heterocycles. The lowest BCUT2D eigenvalue weighted by molar-refractivity contribution is -0.179. The first kappa shape index (κ1) is 27.9. The van der Waals surface area contributed by atoms with Gasteiger partial charge in [-0.1, -0.05) is 76.6 Å². The number of carbonyl (C=O) groups excluding carboxylic acids is 3. The molecule has 8 heteroatoms. The Morgan fingerprint density at radius 1 is 1.02 bits per heavy atom. The second kappa shape index (κ2) is 10.7. The molecule has 7 nitrogen and oxygen atoms in total. The van der Waals surface area contributed by atoms with E-state index >= 15 is 0 Å². The van der Waals surface area contributed by atoms with Crippen molar-refractivity contribution in [1.29, 1.82) is 0 Å². The maximum atomic E-state index is 15.0. The number of aliphatic hydroxyl groups is 1. The van der Waals surface area contributed by atoms with Gasteiger partial charge in [-0.05, 0) is 56.2 Å². The lowest BCUT2D eigenvalue weighted by Crippen LogP contribution is -2.66. The van der Waals surface area contributed by atoms with Gasteiger partial charge in [-0.25, -0.2) is 0 Å². The zero-order chi connectivity index (χ0) is 28.7. The third-order valence-electron chi connectivity index (χ3n) is 8.43. The van der Waals surface area contributed by atoms with Crippen LogP contribution in [0.15, 0.2) is 94.5 Å². The predicted molar refractivity (Wildman–Crippen MR) is 156 cm³/mol. The van der Waals surface area contributed by atoms with Gasteiger partial charge in [-0.15, -0.1) is 0 Å². The van der Waals surface area contributed by atoms with E-state index in [4.69, 9.17) is 9.84 Å². The number of hydrogen-bond donors (Lipinski definition) is 1. The van der Waals surface area contributed by atoms with Gasteiger partial charge in [0.2, 0.25) is 0 Å². The van der Waals surface area contributed by atoms with Gasteiger partial charge in [-0.2, -0.15) is 10.1 Å². The molecule has 1 saturated carbocycles. The standard InChI is InChI=1S/C32H31BrN2O5/c1-4-40-29(37)28-27(22-14-11-15-23(33)18-22)32(20(2)34-35(30(32)38)24-16-9-6-10-17-24)26(21-12-7-5-8-13-21)25(19-36)31(28,3)39/h5-19,25-28,39H,4H2,1-3H3/t25-,26-,27+,28-,31-,32-/m1/s1.